The molecule has 1 aliphatic rings. The van der Waals surface area contributed by atoms with E-state index in [9.17, 15) is 4.79 Å². The molecule has 1 heterocycles. The molecule has 1 aliphatic carbocycles. The highest BCUT2D eigenvalue weighted by Crippen LogP contribution is 2.39. The van der Waals surface area contributed by atoms with Gasteiger partial charge >= 0.3 is 5.97 Å². The van der Waals surface area contributed by atoms with E-state index < -0.39 is 12.0 Å². The largest absolute Gasteiger partial charge is 0.468 e. The molecule has 0 saturated carbocycles. The number of carbonyl (C=O) groups is 1. The molecular formula is C12H17NO3S. The highest BCUT2D eigenvalue weighted by molar-refractivity contribution is 7.12. The molecule has 0 radical (unpaired) electrons. The molecule has 0 aromatic carbocycles. The molecule has 0 saturated heterocycles. The molecule has 0 bridgehead atoms. The van der Waals surface area contributed by atoms with Crippen molar-refractivity contribution in [1.29, 1.82) is 0 Å². The van der Waals surface area contributed by atoms with Gasteiger partial charge in [0.15, 0.2) is 0 Å². The molecule has 0 amide bonds. The molecule has 2 N–H and O–H groups in total. The van der Waals surface area contributed by atoms with Crippen molar-refractivity contribution in [1.82, 2.24) is 0 Å². The van der Waals surface area contributed by atoms with Gasteiger partial charge < -0.3 is 15.2 Å². The van der Waals surface area contributed by atoms with Crippen LogP contribution in [0.3, 0.4) is 0 Å². The summed E-state index contributed by atoms with van der Waals surface area (Å²) in [4.78, 5) is 13.6. The Balaban J connectivity index is 2.27. The zero-order chi connectivity index (χ0) is 12.4. The fraction of sp³-hybridized carbons (Fsp3) is 0.583. The molecule has 5 heteroatoms. The Morgan fingerprint density at radius 3 is 3.00 bits per heavy atom. The molecule has 0 aliphatic heterocycles. The number of aryl methyl sites for hydroxylation is 1. The van der Waals surface area contributed by atoms with E-state index in [1.807, 2.05) is 6.07 Å². The minimum atomic E-state index is -0.673. The Kier molecular flexibility index (Phi) is 3.81. The minimum Gasteiger partial charge on any atom is -0.468 e. The van der Waals surface area contributed by atoms with E-state index in [2.05, 4.69) is 4.74 Å². The van der Waals surface area contributed by atoms with Gasteiger partial charge in [-0.05, 0) is 30.9 Å². The molecule has 2 unspecified atom stereocenters. The Morgan fingerprint density at radius 1 is 1.59 bits per heavy atom. The fourth-order valence-corrected chi connectivity index (χ4v) is 3.43. The summed E-state index contributed by atoms with van der Waals surface area (Å²) in [6, 6.07) is 1.32. The first-order chi connectivity index (χ1) is 8.17. The number of thiophene rings is 1. The smallest absolute Gasteiger partial charge is 0.328 e. The molecule has 4 nitrogen and oxygen atoms in total. The summed E-state index contributed by atoms with van der Waals surface area (Å²) >= 11 is 1.60. The lowest BCUT2D eigenvalue weighted by molar-refractivity contribution is -0.142. The SMILES string of the molecule is COC(=O)C(N)c1cc2c(s1)CCCC2OC. The lowest BCUT2D eigenvalue weighted by Gasteiger charge is -2.20. The van der Waals surface area contributed by atoms with Gasteiger partial charge in [-0.25, -0.2) is 4.79 Å². The maximum absolute atomic E-state index is 11.4. The zero-order valence-corrected chi connectivity index (χ0v) is 10.9. The Morgan fingerprint density at radius 2 is 2.35 bits per heavy atom. The zero-order valence-electron chi connectivity index (χ0n) is 10.1. The number of hydrogen-bond acceptors (Lipinski definition) is 5. The maximum Gasteiger partial charge on any atom is 0.328 e. The standard InChI is InChI=1S/C12H17NO3S/c1-15-8-4-3-5-9-7(8)6-10(17-9)11(13)12(14)16-2/h6,8,11H,3-5,13H2,1-2H3. The summed E-state index contributed by atoms with van der Waals surface area (Å²) in [6.45, 7) is 0. The predicted octanol–water partition coefficient (Wildman–Crippen LogP) is 1.94. The number of hydrogen-bond donors (Lipinski definition) is 1. The molecular weight excluding hydrogens is 238 g/mol. The van der Waals surface area contributed by atoms with Crippen LogP contribution in [0.2, 0.25) is 0 Å². The first kappa shape index (κ1) is 12.5. The Bertz CT molecular complexity index is 416. The van der Waals surface area contributed by atoms with E-state index in [4.69, 9.17) is 10.5 Å². The average molecular weight is 255 g/mol. The normalized spacial score (nSPS) is 20.8. The van der Waals surface area contributed by atoms with Gasteiger partial charge in [-0.2, -0.15) is 0 Å². The molecule has 94 valence electrons. The number of rotatable bonds is 3. The number of methoxy groups -OCH3 is 2. The van der Waals surface area contributed by atoms with E-state index in [0.29, 0.717) is 0 Å². The third-order valence-electron chi connectivity index (χ3n) is 3.12. The number of esters is 1. The van der Waals surface area contributed by atoms with Crippen molar-refractivity contribution in [3.05, 3.63) is 21.4 Å². The van der Waals surface area contributed by atoms with Crippen LogP contribution >= 0.6 is 11.3 Å². The van der Waals surface area contributed by atoms with Gasteiger partial charge in [0.05, 0.1) is 13.2 Å². The summed E-state index contributed by atoms with van der Waals surface area (Å²) in [5.74, 6) is -0.391. The minimum absolute atomic E-state index is 0.147. The fourth-order valence-electron chi connectivity index (χ4n) is 2.18. The van der Waals surface area contributed by atoms with Gasteiger partial charge in [0.1, 0.15) is 6.04 Å². The van der Waals surface area contributed by atoms with Crippen LogP contribution in [-0.4, -0.2) is 20.2 Å². The van der Waals surface area contributed by atoms with E-state index in [-0.39, 0.29) is 6.10 Å². The van der Waals surface area contributed by atoms with Crippen molar-refractivity contribution < 1.29 is 14.3 Å². The molecule has 1 aromatic rings. The van der Waals surface area contributed by atoms with E-state index in [0.717, 1.165) is 24.1 Å². The summed E-state index contributed by atoms with van der Waals surface area (Å²) < 4.78 is 10.1. The second-order valence-corrected chi connectivity index (χ2v) is 5.31. The second kappa shape index (κ2) is 5.16. The van der Waals surface area contributed by atoms with Gasteiger partial charge in [0, 0.05) is 16.9 Å². The lowest BCUT2D eigenvalue weighted by atomic mass is 9.95. The van der Waals surface area contributed by atoms with Gasteiger partial charge in [0.25, 0.3) is 0 Å². The summed E-state index contributed by atoms with van der Waals surface area (Å²) in [7, 11) is 3.07. The predicted molar refractivity (Wildman–Crippen MR) is 66.0 cm³/mol. The lowest BCUT2D eigenvalue weighted by Crippen LogP contribution is -2.21. The van der Waals surface area contributed by atoms with Crippen molar-refractivity contribution >= 4 is 17.3 Å². The van der Waals surface area contributed by atoms with Crippen molar-refractivity contribution in [2.45, 2.75) is 31.4 Å². The van der Waals surface area contributed by atoms with Gasteiger partial charge in [-0.15, -0.1) is 11.3 Å². The van der Waals surface area contributed by atoms with Crippen LogP contribution in [-0.2, 0) is 20.7 Å². The van der Waals surface area contributed by atoms with Crippen LogP contribution in [0.1, 0.15) is 40.3 Å². The van der Waals surface area contributed by atoms with Crippen LogP contribution < -0.4 is 5.73 Å². The number of carbonyl (C=O) groups excluding carboxylic acids is 1. The molecule has 2 rings (SSSR count). The van der Waals surface area contributed by atoms with Gasteiger partial charge in [-0.3, -0.25) is 0 Å². The summed E-state index contributed by atoms with van der Waals surface area (Å²) in [6.07, 6.45) is 3.35. The Hall–Kier alpha value is -0.910. The second-order valence-electron chi connectivity index (χ2n) is 4.14. The topological polar surface area (TPSA) is 61.5 Å². The van der Waals surface area contributed by atoms with Crippen molar-refractivity contribution in [3.8, 4) is 0 Å². The van der Waals surface area contributed by atoms with Crippen LogP contribution in [0.4, 0.5) is 0 Å². The van der Waals surface area contributed by atoms with E-state index in [1.54, 1.807) is 18.4 Å². The van der Waals surface area contributed by atoms with E-state index in [1.165, 1.54) is 17.6 Å². The third kappa shape index (κ3) is 2.36. The number of ether oxygens (including phenoxy) is 2. The molecule has 1 aromatic heterocycles. The highest BCUT2D eigenvalue weighted by Gasteiger charge is 2.26. The van der Waals surface area contributed by atoms with E-state index >= 15 is 0 Å². The number of fused-ring (bicyclic) bond motifs is 1. The quantitative estimate of drug-likeness (QED) is 0.838. The van der Waals surface area contributed by atoms with Crippen LogP contribution in [0, 0.1) is 0 Å². The molecule has 0 fully saturated rings. The first-order valence-corrected chi connectivity index (χ1v) is 6.47. The summed E-state index contributed by atoms with van der Waals surface area (Å²) in [5.41, 5.74) is 7.04. The van der Waals surface area contributed by atoms with Crippen LogP contribution in [0.15, 0.2) is 6.07 Å². The van der Waals surface area contributed by atoms with Crippen LogP contribution in [0.25, 0.3) is 0 Å². The Labute approximate surface area is 105 Å². The molecule has 17 heavy (non-hydrogen) atoms. The molecule has 2 atom stereocenters. The van der Waals surface area contributed by atoms with Crippen molar-refractivity contribution in [2.75, 3.05) is 14.2 Å². The third-order valence-corrected chi connectivity index (χ3v) is 4.42. The average Bonchev–Trinajstić information content (AvgIpc) is 2.80. The van der Waals surface area contributed by atoms with Crippen LogP contribution in [0.5, 0.6) is 0 Å². The summed E-state index contributed by atoms with van der Waals surface area (Å²) in [5, 5.41) is 0. The van der Waals surface area contributed by atoms with Crippen molar-refractivity contribution in [2.24, 2.45) is 5.73 Å². The monoisotopic (exact) mass is 255 g/mol. The highest BCUT2D eigenvalue weighted by atomic mass is 32.1. The van der Waals surface area contributed by atoms with Crippen molar-refractivity contribution in [3.63, 3.8) is 0 Å². The maximum atomic E-state index is 11.4. The first-order valence-electron chi connectivity index (χ1n) is 5.66. The van der Waals surface area contributed by atoms with Gasteiger partial charge in [-0.1, -0.05) is 0 Å². The number of nitrogens with two attached hydrogens (primary N) is 1. The molecule has 0 spiro atoms. The van der Waals surface area contributed by atoms with Gasteiger partial charge in [0.2, 0.25) is 0 Å².